The topological polar surface area (TPSA) is 54.0 Å². The summed E-state index contributed by atoms with van der Waals surface area (Å²) < 4.78 is 21.1. The molecule has 0 amide bonds. The summed E-state index contributed by atoms with van der Waals surface area (Å²) >= 11 is 0. The van der Waals surface area contributed by atoms with Crippen LogP contribution in [0.25, 0.3) is 11.8 Å². The number of hydrogen-bond acceptors (Lipinski definition) is 5. The van der Waals surface area contributed by atoms with Crippen LogP contribution in [0.15, 0.2) is 54.1 Å². The molecule has 2 aromatic carbocycles. The van der Waals surface area contributed by atoms with Gasteiger partial charge in [0.1, 0.15) is 23.0 Å². The van der Waals surface area contributed by atoms with Crippen LogP contribution < -0.4 is 14.2 Å². The minimum Gasteiger partial charge on any atom is -0.497 e. The molecule has 0 radical (unpaired) electrons. The van der Waals surface area contributed by atoms with E-state index >= 15 is 0 Å². The molecule has 25 heavy (non-hydrogen) atoms. The van der Waals surface area contributed by atoms with Crippen LogP contribution in [-0.2, 0) is 9.53 Å². The van der Waals surface area contributed by atoms with Gasteiger partial charge in [-0.1, -0.05) is 12.1 Å². The van der Waals surface area contributed by atoms with Crippen molar-refractivity contribution in [1.29, 1.82) is 0 Å². The lowest BCUT2D eigenvalue weighted by molar-refractivity contribution is -0.130. The van der Waals surface area contributed by atoms with E-state index in [1.165, 1.54) is 0 Å². The smallest absolute Gasteiger partial charge is 0.343 e. The molecular weight excluding hydrogens is 320 g/mol. The van der Waals surface area contributed by atoms with Crippen LogP contribution in [0, 0.1) is 0 Å². The van der Waals surface area contributed by atoms with Gasteiger partial charge in [-0.25, -0.2) is 4.79 Å². The molecule has 2 aromatic rings. The summed E-state index contributed by atoms with van der Waals surface area (Å²) in [7, 11) is 4.75. The first-order valence-corrected chi connectivity index (χ1v) is 7.66. The Kier molecular flexibility index (Phi) is 4.75. The maximum Gasteiger partial charge on any atom is 0.343 e. The molecule has 0 spiro atoms. The zero-order valence-electron chi connectivity index (χ0n) is 14.2. The molecule has 0 fully saturated rings. The summed E-state index contributed by atoms with van der Waals surface area (Å²) in [5.41, 5.74) is 2.00. The van der Waals surface area contributed by atoms with Crippen molar-refractivity contribution in [3.8, 4) is 17.2 Å². The lowest BCUT2D eigenvalue weighted by Crippen LogP contribution is -1.98. The van der Waals surface area contributed by atoms with Crippen molar-refractivity contribution >= 4 is 17.8 Å². The monoisotopic (exact) mass is 338 g/mol. The zero-order chi connectivity index (χ0) is 17.8. The molecule has 5 nitrogen and oxygen atoms in total. The van der Waals surface area contributed by atoms with E-state index in [0.717, 1.165) is 11.3 Å². The third-order valence-corrected chi connectivity index (χ3v) is 3.84. The van der Waals surface area contributed by atoms with Crippen LogP contribution in [-0.4, -0.2) is 27.3 Å². The predicted octanol–water partition coefficient (Wildman–Crippen LogP) is 3.69. The fourth-order valence-corrected chi connectivity index (χ4v) is 2.51. The molecule has 0 aromatic heterocycles. The second-order valence-corrected chi connectivity index (χ2v) is 5.34. The van der Waals surface area contributed by atoms with Gasteiger partial charge in [0.05, 0.1) is 32.5 Å². The average Bonchev–Trinajstić information content (AvgIpc) is 3.02. The number of benzene rings is 2. The number of cyclic esters (lactones) is 1. The molecule has 1 aliphatic heterocycles. The highest BCUT2D eigenvalue weighted by Gasteiger charge is 2.24. The molecule has 1 heterocycles. The fraction of sp³-hybridized carbons (Fsp3) is 0.150. The van der Waals surface area contributed by atoms with Crippen molar-refractivity contribution in [2.24, 2.45) is 0 Å². The SMILES string of the molecule is COc1ccc(/C=C2/C=C(c3cc(OC)ccc3OC)OC2=O)cc1. The quantitative estimate of drug-likeness (QED) is 0.615. The van der Waals surface area contributed by atoms with Crippen molar-refractivity contribution < 1.29 is 23.7 Å². The highest BCUT2D eigenvalue weighted by molar-refractivity contribution is 6.05. The van der Waals surface area contributed by atoms with E-state index < -0.39 is 5.97 Å². The molecule has 5 heteroatoms. The highest BCUT2D eigenvalue weighted by Crippen LogP contribution is 2.35. The third-order valence-electron chi connectivity index (χ3n) is 3.84. The Morgan fingerprint density at radius 2 is 1.56 bits per heavy atom. The lowest BCUT2D eigenvalue weighted by Gasteiger charge is -2.10. The Bertz CT molecular complexity index is 847. The Morgan fingerprint density at radius 3 is 2.20 bits per heavy atom. The van der Waals surface area contributed by atoms with Crippen LogP contribution in [0.2, 0.25) is 0 Å². The van der Waals surface area contributed by atoms with Crippen LogP contribution in [0.5, 0.6) is 17.2 Å². The molecule has 3 rings (SSSR count). The molecular formula is C20H18O5. The van der Waals surface area contributed by atoms with Crippen LogP contribution in [0.1, 0.15) is 11.1 Å². The van der Waals surface area contributed by atoms with Gasteiger partial charge in [0.15, 0.2) is 0 Å². The van der Waals surface area contributed by atoms with Gasteiger partial charge >= 0.3 is 5.97 Å². The third kappa shape index (κ3) is 3.50. The fourth-order valence-electron chi connectivity index (χ4n) is 2.51. The van der Waals surface area contributed by atoms with Crippen molar-refractivity contribution in [3.05, 3.63) is 65.2 Å². The average molecular weight is 338 g/mol. The number of rotatable bonds is 5. The second kappa shape index (κ2) is 7.13. The van der Waals surface area contributed by atoms with Crippen LogP contribution in [0.3, 0.4) is 0 Å². The van der Waals surface area contributed by atoms with E-state index in [2.05, 4.69) is 0 Å². The van der Waals surface area contributed by atoms with Gasteiger partial charge in [-0.05, 0) is 48.0 Å². The maximum atomic E-state index is 12.2. The molecule has 0 atom stereocenters. The Balaban J connectivity index is 1.95. The molecule has 0 saturated carbocycles. The molecule has 0 aliphatic carbocycles. The summed E-state index contributed by atoms with van der Waals surface area (Å²) in [5, 5.41) is 0. The number of ether oxygens (including phenoxy) is 4. The van der Waals surface area contributed by atoms with Gasteiger partial charge in [0, 0.05) is 0 Å². The first-order valence-electron chi connectivity index (χ1n) is 7.66. The highest BCUT2D eigenvalue weighted by atomic mass is 16.5. The van der Waals surface area contributed by atoms with Gasteiger partial charge in [-0.3, -0.25) is 0 Å². The van der Waals surface area contributed by atoms with E-state index in [-0.39, 0.29) is 0 Å². The summed E-state index contributed by atoms with van der Waals surface area (Å²) in [5.74, 6) is 2.04. The van der Waals surface area contributed by atoms with Gasteiger partial charge in [-0.15, -0.1) is 0 Å². The van der Waals surface area contributed by atoms with Crippen molar-refractivity contribution in [3.63, 3.8) is 0 Å². The predicted molar refractivity (Wildman–Crippen MR) is 94.6 cm³/mol. The lowest BCUT2D eigenvalue weighted by atomic mass is 10.1. The first kappa shape index (κ1) is 16.6. The Morgan fingerprint density at radius 1 is 0.880 bits per heavy atom. The Labute approximate surface area is 146 Å². The normalized spacial score (nSPS) is 14.9. The molecule has 0 N–H and O–H groups in total. The molecule has 0 saturated heterocycles. The molecule has 0 bridgehead atoms. The van der Waals surface area contributed by atoms with Crippen molar-refractivity contribution in [2.75, 3.05) is 21.3 Å². The van der Waals surface area contributed by atoms with Crippen LogP contribution in [0.4, 0.5) is 0 Å². The number of carbonyl (C=O) groups excluding carboxylic acids is 1. The number of hydrogen-bond donors (Lipinski definition) is 0. The van der Waals surface area contributed by atoms with E-state index in [0.29, 0.717) is 28.4 Å². The van der Waals surface area contributed by atoms with Gasteiger partial charge in [0.25, 0.3) is 0 Å². The second-order valence-electron chi connectivity index (χ2n) is 5.34. The van der Waals surface area contributed by atoms with E-state index in [1.807, 2.05) is 24.3 Å². The summed E-state index contributed by atoms with van der Waals surface area (Å²) in [6.07, 6.45) is 3.46. The van der Waals surface area contributed by atoms with Crippen molar-refractivity contribution in [1.82, 2.24) is 0 Å². The first-order chi connectivity index (χ1) is 12.1. The largest absolute Gasteiger partial charge is 0.497 e. The number of methoxy groups -OCH3 is 3. The Hall–Kier alpha value is -3.21. The number of esters is 1. The van der Waals surface area contributed by atoms with Gasteiger partial charge < -0.3 is 18.9 Å². The zero-order valence-corrected chi connectivity index (χ0v) is 14.2. The van der Waals surface area contributed by atoms with Gasteiger partial charge in [-0.2, -0.15) is 0 Å². The molecule has 1 aliphatic rings. The molecule has 0 unspecified atom stereocenters. The van der Waals surface area contributed by atoms with Crippen LogP contribution >= 0.6 is 0 Å². The van der Waals surface area contributed by atoms with Crippen molar-refractivity contribution in [2.45, 2.75) is 0 Å². The number of carbonyl (C=O) groups is 1. The van der Waals surface area contributed by atoms with Gasteiger partial charge in [0.2, 0.25) is 0 Å². The van der Waals surface area contributed by atoms with E-state index in [9.17, 15) is 4.79 Å². The minimum absolute atomic E-state index is 0.407. The minimum atomic E-state index is -0.407. The molecule has 128 valence electrons. The van der Waals surface area contributed by atoms with E-state index in [4.69, 9.17) is 18.9 Å². The summed E-state index contributed by atoms with van der Waals surface area (Å²) in [6.45, 7) is 0. The summed E-state index contributed by atoms with van der Waals surface area (Å²) in [6, 6.07) is 12.7. The summed E-state index contributed by atoms with van der Waals surface area (Å²) in [4.78, 5) is 12.2. The standard InChI is InChI=1S/C20H18O5/c1-22-15-6-4-13(5-7-15)10-14-11-19(25-20(14)21)17-12-16(23-2)8-9-18(17)24-3/h4-12H,1-3H3/b14-10-. The maximum absolute atomic E-state index is 12.2. The van der Waals surface area contributed by atoms with E-state index in [1.54, 1.807) is 51.7 Å².